The summed E-state index contributed by atoms with van der Waals surface area (Å²) in [7, 11) is 4.16. The molecule has 0 saturated carbocycles. The minimum absolute atomic E-state index is 0.565. The lowest BCUT2D eigenvalue weighted by atomic mass is 9.90. The molecule has 16 heavy (non-hydrogen) atoms. The number of hydrogen-bond acceptors (Lipinski definition) is 3. The Labute approximate surface area is 97.6 Å². The van der Waals surface area contributed by atoms with Crippen molar-refractivity contribution in [1.82, 2.24) is 14.7 Å². The highest BCUT2D eigenvalue weighted by Gasteiger charge is 2.28. The number of nitrogens with zero attached hydrogens (tertiary/aromatic N) is 3. The third-order valence-corrected chi connectivity index (χ3v) is 3.67. The van der Waals surface area contributed by atoms with Crippen molar-refractivity contribution in [1.29, 1.82) is 0 Å². The van der Waals surface area contributed by atoms with Gasteiger partial charge in [-0.1, -0.05) is 6.92 Å². The van der Waals surface area contributed by atoms with Crippen LogP contribution in [-0.4, -0.2) is 40.4 Å². The zero-order valence-corrected chi connectivity index (χ0v) is 10.6. The van der Waals surface area contributed by atoms with Gasteiger partial charge in [-0.05, 0) is 26.3 Å². The van der Waals surface area contributed by atoms with Gasteiger partial charge in [-0.2, -0.15) is 5.10 Å². The summed E-state index contributed by atoms with van der Waals surface area (Å²) in [5, 5.41) is 7.78. The Kier molecular flexibility index (Phi) is 3.19. The molecule has 90 valence electrons. The van der Waals surface area contributed by atoms with Gasteiger partial charge in [0.25, 0.3) is 0 Å². The number of likely N-dealkylation sites (tertiary alicyclic amines) is 1. The molecule has 2 rings (SSSR count). The highest BCUT2D eigenvalue weighted by molar-refractivity contribution is 5.39. The summed E-state index contributed by atoms with van der Waals surface area (Å²) in [6.07, 6.45) is 5.14. The van der Waals surface area contributed by atoms with Gasteiger partial charge >= 0.3 is 0 Å². The summed E-state index contributed by atoms with van der Waals surface area (Å²) in [5.74, 6) is 0.682. The van der Waals surface area contributed by atoms with E-state index in [9.17, 15) is 0 Å². The van der Waals surface area contributed by atoms with Crippen LogP contribution in [0.25, 0.3) is 0 Å². The van der Waals surface area contributed by atoms with Crippen molar-refractivity contribution in [3.05, 3.63) is 12.4 Å². The maximum Gasteiger partial charge on any atom is 0.0728 e. The molecule has 3 unspecified atom stereocenters. The SMILES string of the molecule is CC1CN(C)C(C)CC1Nc1cnn(C)c1. The Balaban J connectivity index is 1.99. The van der Waals surface area contributed by atoms with E-state index in [1.54, 1.807) is 0 Å². The van der Waals surface area contributed by atoms with E-state index in [0.29, 0.717) is 18.0 Å². The van der Waals surface area contributed by atoms with Crippen LogP contribution in [0, 0.1) is 5.92 Å². The zero-order valence-electron chi connectivity index (χ0n) is 10.6. The quantitative estimate of drug-likeness (QED) is 0.824. The second-order valence-corrected chi connectivity index (χ2v) is 5.16. The van der Waals surface area contributed by atoms with Crippen LogP contribution in [-0.2, 0) is 7.05 Å². The fourth-order valence-corrected chi connectivity index (χ4v) is 2.45. The average Bonchev–Trinajstić information content (AvgIpc) is 2.60. The van der Waals surface area contributed by atoms with E-state index in [4.69, 9.17) is 0 Å². The van der Waals surface area contributed by atoms with Gasteiger partial charge in [-0.25, -0.2) is 0 Å². The molecule has 1 aliphatic rings. The van der Waals surface area contributed by atoms with Gasteiger partial charge in [0.05, 0.1) is 11.9 Å². The predicted octanol–water partition coefficient (Wildman–Crippen LogP) is 1.56. The molecule has 1 aromatic rings. The molecule has 4 nitrogen and oxygen atoms in total. The second-order valence-electron chi connectivity index (χ2n) is 5.16. The summed E-state index contributed by atoms with van der Waals surface area (Å²) in [4.78, 5) is 2.44. The van der Waals surface area contributed by atoms with Crippen molar-refractivity contribution in [3.63, 3.8) is 0 Å². The van der Waals surface area contributed by atoms with Gasteiger partial charge in [-0.3, -0.25) is 4.68 Å². The summed E-state index contributed by atoms with van der Waals surface area (Å²) in [6.45, 7) is 5.78. The maximum atomic E-state index is 4.18. The number of aromatic nitrogens is 2. The Morgan fingerprint density at radius 1 is 1.38 bits per heavy atom. The van der Waals surface area contributed by atoms with E-state index in [-0.39, 0.29) is 0 Å². The highest BCUT2D eigenvalue weighted by Crippen LogP contribution is 2.23. The predicted molar refractivity (Wildman–Crippen MR) is 66.5 cm³/mol. The van der Waals surface area contributed by atoms with E-state index in [1.165, 1.54) is 13.0 Å². The van der Waals surface area contributed by atoms with Crippen LogP contribution < -0.4 is 5.32 Å². The molecule has 1 aliphatic heterocycles. The number of hydrogen-bond donors (Lipinski definition) is 1. The number of anilines is 1. The number of nitrogens with one attached hydrogen (secondary N) is 1. The van der Waals surface area contributed by atoms with Crippen molar-refractivity contribution in [2.75, 3.05) is 18.9 Å². The summed E-state index contributed by atoms with van der Waals surface area (Å²) in [5.41, 5.74) is 1.14. The Morgan fingerprint density at radius 2 is 2.12 bits per heavy atom. The molecular formula is C12H22N4. The van der Waals surface area contributed by atoms with Crippen molar-refractivity contribution in [2.24, 2.45) is 13.0 Å². The first-order chi connectivity index (χ1) is 7.56. The van der Waals surface area contributed by atoms with Crippen molar-refractivity contribution < 1.29 is 0 Å². The van der Waals surface area contributed by atoms with Gasteiger partial charge < -0.3 is 10.2 Å². The molecule has 0 amide bonds. The van der Waals surface area contributed by atoms with Crippen molar-refractivity contribution >= 4 is 5.69 Å². The van der Waals surface area contributed by atoms with Crippen LogP contribution in [0.5, 0.6) is 0 Å². The number of aryl methyl sites for hydroxylation is 1. The smallest absolute Gasteiger partial charge is 0.0728 e. The molecule has 0 aromatic carbocycles. The number of piperidine rings is 1. The fraction of sp³-hybridized carbons (Fsp3) is 0.750. The molecule has 1 aromatic heterocycles. The molecule has 0 spiro atoms. The van der Waals surface area contributed by atoms with Crippen molar-refractivity contribution in [3.8, 4) is 0 Å². The first kappa shape index (κ1) is 11.5. The Bertz CT molecular complexity index is 347. The van der Waals surface area contributed by atoms with E-state index in [1.807, 2.05) is 24.1 Å². The van der Waals surface area contributed by atoms with Crippen LogP contribution in [0.3, 0.4) is 0 Å². The number of rotatable bonds is 2. The van der Waals surface area contributed by atoms with Crippen molar-refractivity contribution in [2.45, 2.75) is 32.4 Å². The normalized spacial score (nSPS) is 31.6. The molecule has 0 aliphatic carbocycles. The van der Waals surface area contributed by atoms with E-state index >= 15 is 0 Å². The molecule has 3 atom stereocenters. The minimum Gasteiger partial charge on any atom is -0.379 e. The summed E-state index contributed by atoms with van der Waals surface area (Å²) >= 11 is 0. The van der Waals surface area contributed by atoms with Gasteiger partial charge in [-0.15, -0.1) is 0 Å². The first-order valence-electron chi connectivity index (χ1n) is 6.01. The van der Waals surface area contributed by atoms with Crippen LogP contribution in [0.4, 0.5) is 5.69 Å². The molecule has 2 heterocycles. The van der Waals surface area contributed by atoms with Crippen LogP contribution in [0.15, 0.2) is 12.4 Å². The molecule has 1 N–H and O–H groups in total. The first-order valence-corrected chi connectivity index (χ1v) is 6.01. The lowest BCUT2D eigenvalue weighted by Crippen LogP contribution is -2.48. The monoisotopic (exact) mass is 222 g/mol. The Morgan fingerprint density at radius 3 is 2.75 bits per heavy atom. The van der Waals surface area contributed by atoms with E-state index in [0.717, 1.165) is 5.69 Å². The largest absolute Gasteiger partial charge is 0.379 e. The topological polar surface area (TPSA) is 33.1 Å². The lowest BCUT2D eigenvalue weighted by Gasteiger charge is -2.40. The standard InChI is InChI=1S/C12H22N4/c1-9-7-15(3)10(2)5-12(9)14-11-6-13-16(4)8-11/h6,8-10,12,14H,5,7H2,1-4H3. The minimum atomic E-state index is 0.565. The van der Waals surface area contributed by atoms with Crippen LogP contribution >= 0.6 is 0 Å². The zero-order chi connectivity index (χ0) is 11.7. The maximum absolute atomic E-state index is 4.18. The van der Waals surface area contributed by atoms with E-state index < -0.39 is 0 Å². The van der Waals surface area contributed by atoms with Gasteiger partial charge in [0.1, 0.15) is 0 Å². The van der Waals surface area contributed by atoms with Crippen LogP contribution in [0.1, 0.15) is 20.3 Å². The lowest BCUT2D eigenvalue weighted by molar-refractivity contribution is 0.145. The summed E-state index contributed by atoms with van der Waals surface area (Å²) < 4.78 is 1.84. The molecule has 1 fully saturated rings. The van der Waals surface area contributed by atoms with Crippen LogP contribution in [0.2, 0.25) is 0 Å². The highest BCUT2D eigenvalue weighted by atomic mass is 15.3. The van der Waals surface area contributed by atoms with E-state index in [2.05, 4.69) is 36.2 Å². The van der Waals surface area contributed by atoms with Gasteiger partial charge in [0, 0.05) is 31.9 Å². The molecule has 1 saturated heterocycles. The molecule has 4 heteroatoms. The summed E-state index contributed by atoms with van der Waals surface area (Å²) in [6, 6.07) is 1.22. The average molecular weight is 222 g/mol. The molecule has 0 bridgehead atoms. The van der Waals surface area contributed by atoms with Gasteiger partial charge in [0.2, 0.25) is 0 Å². The fourth-order valence-electron chi connectivity index (χ4n) is 2.45. The second kappa shape index (κ2) is 4.45. The molecule has 0 radical (unpaired) electrons. The molecular weight excluding hydrogens is 200 g/mol. The third kappa shape index (κ3) is 2.38. The Hall–Kier alpha value is -1.03. The third-order valence-electron chi connectivity index (χ3n) is 3.67. The van der Waals surface area contributed by atoms with Gasteiger partial charge in [0.15, 0.2) is 0 Å².